The molecule has 5 heterocycles. The van der Waals surface area contributed by atoms with Crippen molar-refractivity contribution in [1.29, 1.82) is 0 Å². The van der Waals surface area contributed by atoms with Crippen molar-refractivity contribution >= 4 is 33.4 Å². The van der Waals surface area contributed by atoms with Crippen molar-refractivity contribution in [2.24, 2.45) is 17.3 Å². The molecule has 1 amide bonds. The van der Waals surface area contributed by atoms with Crippen LogP contribution >= 0.6 is 0 Å². The molecule has 14 heteroatoms. The smallest absolute Gasteiger partial charge is 0.319 e. The predicted octanol–water partition coefficient (Wildman–Crippen LogP) is 6.31. The van der Waals surface area contributed by atoms with Gasteiger partial charge in [-0.1, -0.05) is 32.3 Å². The van der Waals surface area contributed by atoms with E-state index in [-0.39, 0.29) is 93.6 Å². The number of hydrogen-bond acceptors (Lipinski definition) is 11. The Bertz CT molecular complexity index is 2290. The molecule has 2 aromatic carbocycles. The Morgan fingerprint density at radius 3 is 2.59 bits per heavy atom. The Balaban J connectivity index is 1.17. The Kier molecular flexibility index (Phi) is 11.3. The Hall–Kier alpha value is -4.84. The first-order valence-electron chi connectivity index (χ1n) is 20.9. The summed E-state index contributed by atoms with van der Waals surface area (Å²) in [4.78, 5) is 33.3. The number of carbonyl (C=O) groups is 1. The van der Waals surface area contributed by atoms with Gasteiger partial charge in [-0.2, -0.15) is 9.97 Å². The fourth-order valence-electron chi connectivity index (χ4n) is 10.1. The summed E-state index contributed by atoms with van der Waals surface area (Å²) < 4.78 is 50.7. The number of aliphatic hydroxyl groups is 1. The first-order valence-corrected chi connectivity index (χ1v) is 20.9. The third-order valence-electron chi connectivity index (χ3n) is 12.9. The molecular weight excluding hydrogens is 759 g/mol. The zero-order valence-corrected chi connectivity index (χ0v) is 34.4. The quantitative estimate of drug-likeness (QED) is 0.184. The van der Waals surface area contributed by atoms with Crippen LogP contribution in [0.4, 0.5) is 14.6 Å². The second-order valence-electron chi connectivity index (χ2n) is 17.5. The number of rotatable bonds is 9. The number of hydrogen-bond donors (Lipinski definition) is 2. The van der Waals surface area contributed by atoms with Crippen molar-refractivity contribution in [1.82, 2.24) is 24.8 Å². The van der Waals surface area contributed by atoms with Crippen LogP contribution in [0.1, 0.15) is 71.3 Å². The fourth-order valence-corrected chi connectivity index (χ4v) is 10.1. The van der Waals surface area contributed by atoms with Gasteiger partial charge in [-0.15, -0.1) is 6.42 Å². The van der Waals surface area contributed by atoms with Crippen LogP contribution in [0, 0.1) is 41.2 Å². The number of aromatic hydroxyl groups is 1. The van der Waals surface area contributed by atoms with Crippen molar-refractivity contribution in [2.75, 3.05) is 71.1 Å². The first kappa shape index (κ1) is 40.9. The van der Waals surface area contributed by atoms with E-state index in [0.29, 0.717) is 30.5 Å². The summed E-state index contributed by atoms with van der Waals surface area (Å²) in [6.45, 7) is 10.3. The zero-order valence-electron chi connectivity index (χ0n) is 34.4. The normalized spacial score (nSPS) is 24.4. The Morgan fingerprint density at radius 1 is 1.07 bits per heavy atom. The highest BCUT2D eigenvalue weighted by Crippen LogP contribution is 2.49. The largest absolute Gasteiger partial charge is 0.508 e. The average Bonchev–Trinajstić information content (AvgIpc) is 3.57. The number of β-amino-alcohol motifs (C(OH)–C–C–N with tert-alkyl or cyclic N) is 1. The Morgan fingerprint density at radius 2 is 1.85 bits per heavy atom. The number of halogens is 2. The van der Waals surface area contributed by atoms with Gasteiger partial charge in [-0.05, 0) is 81.5 Å². The highest BCUT2D eigenvalue weighted by molar-refractivity contribution is 6.04. The molecule has 2 N–H and O–H groups in total. The maximum Gasteiger partial charge on any atom is 0.319 e. The predicted molar refractivity (Wildman–Crippen MR) is 221 cm³/mol. The van der Waals surface area contributed by atoms with Gasteiger partial charge in [0.15, 0.2) is 5.82 Å². The first-order chi connectivity index (χ1) is 28.3. The number of aromatic nitrogens is 3. The minimum Gasteiger partial charge on any atom is -0.508 e. The Labute approximate surface area is 343 Å². The maximum atomic E-state index is 17.4. The van der Waals surface area contributed by atoms with E-state index >= 15 is 8.78 Å². The highest BCUT2D eigenvalue weighted by atomic mass is 19.1. The summed E-state index contributed by atoms with van der Waals surface area (Å²) in [5.74, 6) is 1.64. The molecule has 0 bridgehead atoms. The second-order valence-corrected chi connectivity index (χ2v) is 17.5. The van der Waals surface area contributed by atoms with Crippen molar-refractivity contribution in [3.63, 3.8) is 0 Å². The summed E-state index contributed by atoms with van der Waals surface area (Å²) in [6, 6.07) is 5.66. The molecule has 1 aliphatic carbocycles. The molecular formula is C45H54F2N6O6. The number of phenolic OH excluding ortho intramolecular Hbond substituents is 1. The van der Waals surface area contributed by atoms with Gasteiger partial charge >= 0.3 is 6.01 Å². The lowest BCUT2D eigenvalue weighted by Gasteiger charge is -2.48. The molecule has 1 saturated carbocycles. The van der Waals surface area contributed by atoms with Gasteiger partial charge in [0.2, 0.25) is 11.8 Å². The van der Waals surface area contributed by atoms with Crippen LogP contribution in [-0.2, 0) is 9.53 Å². The van der Waals surface area contributed by atoms with E-state index in [0.717, 1.165) is 71.1 Å². The minimum absolute atomic E-state index is 0.00705. The number of piperidine rings is 2. The molecule has 2 aromatic heterocycles. The number of carbonyl (C=O) groups excluding carboxylic acids is 1. The SMILES string of the molecule is C#Cc1c(F)ccc2cc(O)cc(-c3nc(OC)c4c(N5CCOC[C@@](C)(O)C5)nc(OC[C@]56CCC[C@H]5N(CC5CCN(C(=O)C(C)C)CC5)CCC6)nc4c3F)c12. The second kappa shape index (κ2) is 16.3. The van der Waals surface area contributed by atoms with Crippen molar-refractivity contribution in [3.8, 4) is 41.2 Å². The number of ether oxygens (including phenoxy) is 3. The standard InChI is InChI=1S/C45H54F2N6O6/c1-6-31-33(46)11-10-29-21-30(54)22-32(35(29)31)38-37(47)39-36(41(48-38)57-5)40(53-19-20-58-25-44(4,56)24-53)50-43(49-39)59-26-45-14-7-9-34(45)52(16-8-15-45)23-28-12-17-51(18-13-28)42(55)27(2)3/h1,10-11,21-22,27-28,34,54,56H,7-9,12-20,23-26H2,2-5H3/t34-,44+,45-/m1/s1. The average molecular weight is 813 g/mol. The van der Waals surface area contributed by atoms with Crippen LogP contribution in [0.2, 0.25) is 0 Å². The number of nitrogens with zero attached hydrogens (tertiary/aromatic N) is 6. The molecule has 3 aliphatic heterocycles. The number of amides is 1. The zero-order chi connectivity index (χ0) is 41.6. The summed E-state index contributed by atoms with van der Waals surface area (Å²) in [5.41, 5.74) is -1.86. The lowest BCUT2D eigenvalue weighted by molar-refractivity contribution is -0.136. The summed E-state index contributed by atoms with van der Waals surface area (Å²) in [5, 5.41) is 22.7. The third-order valence-corrected chi connectivity index (χ3v) is 12.9. The minimum atomic E-state index is -1.26. The van der Waals surface area contributed by atoms with E-state index in [2.05, 4.69) is 15.8 Å². The van der Waals surface area contributed by atoms with Gasteiger partial charge < -0.3 is 34.2 Å². The number of anilines is 1. The maximum absolute atomic E-state index is 17.4. The number of fused-ring (bicyclic) bond motifs is 3. The van der Waals surface area contributed by atoms with Crippen molar-refractivity contribution in [2.45, 2.75) is 77.4 Å². The number of likely N-dealkylation sites (tertiary alicyclic amines) is 2. The number of phenols is 1. The van der Waals surface area contributed by atoms with Gasteiger partial charge in [0, 0.05) is 54.5 Å². The summed E-state index contributed by atoms with van der Waals surface area (Å²) >= 11 is 0. The molecule has 314 valence electrons. The monoisotopic (exact) mass is 812 g/mol. The number of methoxy groups -OCH3 is 1. The van der Waals surface area contributed by atoms with E-state index < -0.39 is 17.2 Å². The highest BCUT2D eigenvalue weighted by Gasteiger charge is 2.49. The van der Waals surface area contributed by atoms with Crippen LogP contribution in [0.5, 0.6) is 17.6 Å². The number of benzene rings is 2. The molecule has 0 unspecified atom stereocenters. The van der Waals surface area contributed by atoms with E-state index in [1.165, 1.54) is 31.4 Å². The van der Waals surface area contributed by atoms with Gasteiger partial charge in [-0.3, -0.25) is 9.69 Å². The molecule has 12 nitrogen and oxygen atoms in total. The molecule has 3 saturated heterocycles. The van der Waals surface area contributed by atoms with Crippen LogP contribution < -0.4 is 14.4 Å². The van der Waals surface area contributed by atoms with E-state index in [1.54, 1.807) is 6.92 Å². The summed E-state index contributed by atoms with van der Waals surface area (Å²) in [7, 11) is 1.40. The topological polar surface area (TPSA) is 134 Å². The van der Waals surface area contributed by atoms with Gasteiger partial charge in [0.1, 0.15) is 39.6 Å². The lowest BCUT2D eigenvalue weighted by atomic mass is 9.75. The molecule has 8 rings (SSSR count). The molecule has 0 spiro atoms. The van der Waals surface area contributed by atoms with Crippen LogP contribution in [0.3, 0.4) is 0 Å². The molecule has 4 aromatic rings. The van der Waals surface area contributed by atoms with E-state index in [1.807, 2.05) is 23.6 Å². The van der Waals surface area contributed by atoms with E-state index in [4.69, 9.17) is 30.6 Å². The van der Waals surface area contributed by atoms with Gasteiger partial charge in [0.25, 0.3) is 0 Å². The molecule has 59 heavy (non-hydrogen) atoms. The van der Waals surface area contributed by atoms with Crippen LogP contribution in [0.25, 0.3) is 32.9 Å². The van der Waals surface area contributed by atoms with Crippen molar-refractivity contribution < 1.29 is 38.0 Å². The number of terminal acetylenes is 1. The number of pyridine rings is 1. The van der Waals surface area contributed by atoms with Crippen LogP contribution in [0.15, 0.2) is 24.3 Å². The van der Waals surface area contributed by atoms with Crippen molar-refractivity contribution in [3.05, 3.63) is 41.5 Å². The lowest BCUT2D eigenvalue weighted by Crippen LogP contribution is -2.54. The van der Waals surface area contributed by atoms with Gasteiger partial charge in [-0.25, -0.2) is 13.8 Å². The molecule has 3 atom stereocenters. The van der Waals surface area contributed by atoms with Gasteiger partial charge in [0.05, 0.1) is 39.0 Å². The molecule has 4 aliphatic rings. The third kappa shape index (κ3) is 7.85. The van der Waals surface area contributed by atoms with Crippen LogP contribution in [-0.4, -0.2) is 119 Å². The van der Waals surface area contributed by atoms with E-state index in [9.17, 15) is 15.0 Å². The summed E-state index contributed by atoms with van der Waals surface area (Å²) in [6.07, 6.45) is 12.9. The fraction of sp³-hybridized carbons (Fsp3) is 0.556. The molecule has 4 fully saturated rings. The molecule has 0 radical (unpaired) electrons.